The van der Waals surface area contributed by atoms with Crippen LogP contribution in [0.1, 0.15) is 21.1 Å². The van der Waals surface area contributed by atoms with Gasteiger partial charge in [0.15, 0.2) is 5.69 Å². The van der Waals surface area contributed by atoms with Crippen molar-refractivity contribution < 1.29 is 14.6 Å². The van der Waals surface area contributed by atoms with E-state index in [1.165, 1.54) is 12.3 Å². The van der Waals surface area contributed by atoms with Crippen LogP contribution in [0.5, 0.6) is 6.01 Å². The summed E-state index contributed by atoms with van der Waals surface area (Å²) in [6.07, 6.45) is 2.07. The number of aromatic nitrogens is 3. The van der Waals surface area contributed by atoms with Crippen molar-refractivity contribution in [1.29, 1.82) is 0 Å². The molecule has 2 aromatic heterocycles. The van der Waals surface area contributed by atoms with Crippen LogP contribution in [0, 0.1) is 6.92 Å². The topological polar surface area (TPSA) is 85.2 Å². The Bertz CT molecular complexity index is 556. The minimum absolute atomic E-state index is 0.0750. The van der Waals surface area contributed by atoms with E-state index in [1.807, 2.05) is 6.92 Å². The van der Waals surface area contributed by atoms with Crippen molar-refractivity contribution in [3.05, 3.63) is 34.0 Å². The Morgan fingerprint density at radius 2 is 2.33 bits per heavy atom. The van der Waals surface area contributed by atoms with Gasteiger partial charge in [-0.05, 0) is 13.0 Å². The van der Waals surface area contributed by atoms with Crippen LogP contribution < -0.4 is 4.74 Å². The molecule has 7 heteroatoms. The van der Waals surface area contributed by atoms with Crippen molar-refractivity contribution in [3.8, 4) is 6.01 Å². The van der Waals surface area contributed by atoms with Gasteiger partial charge < -0.3 is 9.84 Å². The van der Waals surface area contributed by atoms with Crippen LogP contribution in [0.15, 0.2) is 17.8 Å². The van der Waals surface area contributed by atoms with Crippen molar-refractivity contribution in [1.82, 2.24) is 15.0 Å². The minimum atomic E-state index is -1.10. The van der Waals surface area contributed by atoms with Crippen LogP contribution in [-0.4, -0.2) is 32.6 Å². The molecule has 0 unspecified atom stereocenters. The van der Waals surface area contributed by atoms with Crippen LogP contribution in [0.3, 0.4) is 0 Å². The Labute approximate surface area is 107 Å². The molecule has 0 fully saturated rings. The van der Waals surface area contributed by atoms with Crippen molar-refractivity contribution in [3.63, 3.8) is 0 Å². The third-order valence-corrected chi connectivity index (χ3v) is 3.25. The van der Waals surface area contributed by atoms with E-state index in [1.54, 1.807) is 16.8 Å². The van der Waals surface area contributed by atoms with Crippen molar-refractivity contribution in [2.45, 2.75) is 13.3 Å². The SMILES string of the molecule is Cc1ncsc1CCOc1nccc(C(=O)O)n1. The van der Waals surface area contributed by atoms with E-state index in [0.717, 1.165) is 10.6 Å². The van der Waals surface area contributed by atoms with E-state index in [2.05, 4.69) is 15.0 Å². The van der Waals surface area contributed by atoms with Gasteiger partial charge in [-0.25, -0.2) is 14.8 Å². The highest BCUT2D eigenvalue weighted by Gasteiger charge is 2.07. The third kappa shape index (κ3) is 3.01. The number of hydrogen-bond donors (Lipinski definition) is 1. The first-order valence-electron chi connectivity index (χ1n) is 5.25. The zero-order chi connectivity index (χ0) is 13.0. The summed E-state index contributed by atoms with van der Waals surface area (Å²) in [5.74, 6) is -1.10. The molecule has 0 saturated carbocycles. The van der Waals surface area contributed by atoms with Gasteiger partial charge in [-0.2, -0.15) is 4.98 Å². The standard InChI is InChI=1S/C11H11N3O3S/c1-7-9(18-6-13-7)3-5-17-11-12-4-2-8(14-11)10(15)16/h2,4,6H,3,5H2,1H3,(H,15,16). The molecule has 6 nitrogen and oxygen atoms in total. The predicted molar refractivity (Wildman–Crippen MR) is 65.0 cm³/mol. The lowest BCUT2D eigenvalue weighted by molar-refractivity contribution is 0.0688. The highest BCUT2D eigenvalue weighted by molar-refractivity contribution is 7.09. The maximum absolute atomic E-state index is 10.7. The zero-order valence-corrected chi connectivity index (χ0v) is 10.5. The van der Waals surface area contributed by atoms with Gasteiger partial charge in [0.05, 0.1) is 17.8 Å². The first-order chi connectivity index (χ1) is 8.66. The molecule has 1 N–H and O–H groups in total. The van der Waals surface area contributed by atoms with Crippen LogP contribution in [0.2, 0.25) is 0 Å². The summed E-state index contributed by atoms with van der Waals surface area (Å²) in [5, 5.41) is 8.77. The van der Waals surface area contributed by atoms with E-state index in [9.17, 15) is 4.79 Å². The molecule has 0 radical (unpaired) electrons. The molecular weight excluding hydrogens is 254 g/mol. The van der Waals surface area contributed by atoms with Crippen molar-refractivity contribution in [2.24, 2.45) is 0 Å². The van der Waals surface area contributed by atoms with E-state index in [-0.39, 0.29) is 11.7 Å². The normalized spacial score (nSPS) is 10.3. The van der Waals surface area contributed by atoms with Crippen LogP contribution >= 0.6 is 11.3 Å². The predicted octanol–water partition coefficient (Wildman–Crippen LogP) is 1.56. The molecule has 0 aliphatic heterocycles. The Balaban J connectivity index is 1.92. The minimum Gasteiger partial charge on any atom is -0.477 e. The molecular formula is C11H11N3O3S. The Morgan fingerprint density at radius 3 is 3.00 bits per heavy atom. The van der Waals surface area contributed by atoms with Gasteiger partial charge in [0.1, 0.15) is 0 Å². The molecule has 0 spiro atoms. The van der Waals surface area contributed by atoms with E-state index >= 15 is 0 Å². The number of ether oxygens (including phenoxy) is 1. The van der Waals surface area contributed by atoms with Gasteiger partial charge in [0, 0.05) is 17.5 Å². The first kappa shape index (κ1) is 12.4. The molecule has 2 aromatic rings. The number of nitrogens with zero attached hydrogens (tertiary/aromatic N) is 3. The summed E-state index contributed by atoms with van der Waals surface area (Å²) in [4.78, 5) is 23.6. The number of carboxylic acids is 1. The van der Waals surface area contributed by atoms with Gasteiger partial charge in [-0.1, -0.05) is 0 Å². The molecule has 0 amide bonds. The van der Waals surface area contributed by atoms with Gasteiger partial charge in [0.2, 0.25) is 0 Å². The van der Waals surface area contributed by atoms with Crippen molar-refractivity contribution >= 4 is 17.3 Å². The fourth-order valence-corrected chi connectivity index (χ4v) is 2.09. The fourth-order valence-electron chi connectivity index (χ4n) is 1.33. The maximum Gasteiger partial charge on any atom is 0.354 e. The molecule has 2 heterocycles. The molecule has 94 valence electrons. The molecule has 0 aromatic carbocycles. The summed E-state index contributed by atoms with van der Waals surface area (Å²) in [7, 11) is 0. The van der Waals surface area contributed by atoms with Crippen molar-refractivity contribution in [2.75, 3.05) is 6.61 Å². The average molecular weight is 265 g/mol. The Morgan fingerprint density at radius 1 is 1.50 bits per heavy atom. The monoisotopic (exact) mass is 265 g/mol. The number of aryl methyl sites for hydroxylation is 1. The van der Waals surface area contributed by atoms with Crippen LogP contribution in [0.4, 0.5) is 0 Å². The smallest absolute Gasteiger partial charge is 0.354 e. The second-order valence-electron chi connectivity index (χ2n) is 3.49. The summed E-state index contributed by atoms with van der Waals surface area (Å²) < 4.78 is 5.32. The Kier molecular flexibility index (Phi) is 3.83. The van der Waals surface area contributed by atoms with Gasteiger partial charge in [-0.3, -0.25) is 0 Å². The molecule has 0 saturated heterocycles. The first-order valence-corrected chi connectivity index (χ1v) is 6.13. The van der Waals surface area contributed by atoms with E-state index in [0.29, 0.717) is 13.0 Å². The fraction of sp³-hybridized carbons (Fsp3) is 0.273. The van der Waals surface area contributed by atoms with Crippen LogP contribution in [-0.2, 0) is 6.42 Å². The summed E-state index contributed by atoms with van der Waals surface area (Å²) in [5.41, 5.74) is 2.70. The quantitative estimate of drug-likeness (QED) is 0.883. The highest BCUT2D eigenvalue weighted by atomic mass is 32.1. The number of carboxylic acid groups (broad SMARTS) is 1. The molecule has 0 bridgehead atoms. The van der Waals surface area contributed by atoms with Gasteiger partial charge in [-0.15, -0.1) is 11.3 Å². The number of aromatic carboxylic acids is 1. The largest absolute Gasteiger partial charge is 0.477 e. The molecule has 0 atom stereocenters. The average Bonchev–Trinajstić information content (AvgIpc) is 2.76. The molecule has 18 heavy (non-hydrogen) atoms. The summed E-state index contributed by atoms with van der Waals surface area (Å²) in [6.45, 7) is 2.33. The van der Waals surface area contributed by atoms with Gasteiger partial charge in [0.25, 0.3) is 0 Å². The van der Waals surface area contributed by atoms with E-state index in [4.69, 9.17) is 9.84 Å². The van der Waals surface area contributed by atoms with E-state index < -0.39 is 5.97 Å². The number of hydrogen-bond acceptors (Lipinski definition) is 6. The third-order valence-electron chi connectivity index (χ3n) is 2.26. The van der Waals surface area contributed by atoms with Gasteiger partial charge >= 0.3 is 12.0 Å². The maximum atomic E-state index is 10.7. The number of rotatable bonds is 5. The highest BCUT2D eigenvalue weighted by Crippen LogP contribution is 2.13. The lowest BCUT2D eigenvalue weighted by Crippen LogP contribution is -2.07. The Hall–Kier alpha value is -2.02. The zero-order valence-electron chi connectivity index (χ0n) is 9.66. The lowest BCUT2D eigenvalue weighted by Gasteiger charge is -2.03. The number of thiazole rings is 1. The molecule has 0 aliphatic carbocycles. The van der Waals surface area contributed by atoms with Crippen LogP contribution in [0.25, 0.3) is 0 Å². The number of carbonyl (C=O) groups is 1. The summed E-state index contributed by atoms with van der Waals surface area (Å²) in [6, 6.07) is 1.40. The second kappa shape index (κ2) is 5.54. The molecule has 0 aliphatic rings. The molecule has 2 rings (SSSR count). The lowest BCUT2D eigenvalue weighted by atomic mass is 10.3. The second-order valence-corrected chi connectivity index (χ2v) is 4.43. The summed E-state index contributed by atoms with van der Waals surface area (Å²) >= 11 is 1.57.